The summed E-state index contributed by atoms with van der Waals surface area (Å²) in [7, 11) is 2.72. The van der Waals surface area contributed by atoms with Crippen molar-refractivity contribution in [3.05, 3.63) is 39.8 Å². The van der Waals surface area contributed by atoms with Gasteiger partial charge in [-0.1, -0.05) is 18.5 Å². The third-order valence-electron chi connectivity index (χ3n) is 6.32. The molecule has 0 fully saturated rings. The second-order valence-corrected chi connectivity index (χ2v) is 8.47. The van der Waals surface area contributed by atoms with E-state index in [1.807, 2.05) is 23.6 Å². The van der Waals surface area contributed by atoms with Crippen molar-refractivity contribution in [2.24, 2.45) is 0 Å². The molecule has 4 rings (SSSR count). The summed E-state index contributed by atoms with van der Waals surface area (Å²) in [6.07, 6.45) is 4.10. The van der Waals surface area contributed by atoms with E-state index < -0.39 is 5.97 Å². The summed E-state index contributed by atoms with van der Waals surface area (Å²) in [6.45, 7) is 5.21. The van der Waals surface area contributed by atoms with Gasteiger partial charge in [-0.05, 0) is 50.3 Å². The van der Waals surface area contributed by atoms with E-state index >= 15 is 0 Å². The number of benzene rings is 1. The SMILES string of the molecule is CCc1nn2c(c1-c1c(Cl)ccc3c1c(C)c(C(=O)OC)n3CCC(=O)OC)CCCC2. The van der Waals surface area contributed by atoms with Crippen molar-refractivity contribution in [2.75, 3.05) is 14.2 Å². The minimum absolute atomic E-state index is 0.144. The molecule has 3 heterocycles. The Kier molecular flexibility index (Phi) is 6.29. The molecular formula is C24H28ClN3O4. The molecule has 0 saturated heterocycles. The van der Waals surface area contributed by atoms with Crippen LogP contribution in [0.4, 0.5) is 0 Å². The van der Waals surface area contributed by atoms with E-state index in [0.29, 0.717) is 17.3 Å². The number of carbonyl (C=O) groups is 2. The Morgan fingerprint density at radius 1 is 1.16 bits per heavy atom. The number of nitrogens with zero attached hydrogens (tertiary/aromatic N) is 3. The van der Waals surface area contributed by atoms with E-state index in [2.05, 4.69) is 11.6 Å². The normalized spacial score (nSPS) is 13.3. The lowest BCUT2D eigenvalue weighted by atomic mass is 9.93. The molecule has 0 radical (unpaired) electrons. The summed E-state index contributed by atoms with van der Waals surface area (Å²) in [5.41, 5.74) is 6.24. The fourth-order valence-electron chi connectivity index (χ4n) is 4.83. The van der Waals surface area contributed by atoms with Crippen molar-refractivity contribution >= 4 is 34.4 Å². The Morgan fingerprint density at radius 3 is 2.62 bits per heavy atom. The summed E-state index contributed by atoms with van der Waals surface area (Å²) in [4.78, 5) is 24.6. The number of hydrogen-bond acceptors (Lipinski definition) is 5. The van der Waals surface area contributed by atoms with E-state index in [9.17, 15) is 9.59 Å². The molecule has 8 heteroatoms. The van der Waals surface area contributed by atoms with Gasteiger partial charge in [0.15, 0.2) is 0 Å². The van der Waals surface area contributed by atoms with Gasteiger partial charge in [-0.25, -0.2) is 4.79 Å². The zero-order chi connectivity index (χ0) is 23.0. The highest BCUT2D eigenvalue weighted by molar-refractivity contribution is 6.35. The Balaban J connectivity index is 2.03. The van der Waals surface area contributed by atoms with Crippen LogP contribution in [0.3, 0.4) is 0 Å². The van der Waals surface area contributed by atoms with Crippen LogP contribution in [0.15, 0.2) is 12.1 Å². The summed E-state index contributed by atoms with van der Waals surface area (Å²) in [6, 6.07) is 3.76. The van der Waals surface area contributed by atoms with E-state index in [1.54, 1.807) is 0 Å². The third kappa shape index (κ3) is 3.58. The van der Waals surface area contributed by atoms with Gasteiger partial charge in [0.2, 0.25) is 0 Å². The standard InChI is InChI=1S/C24H28ClN3O4/c1-5-16-22(18-8-6-7-12-28(18)26-16)21-15(25)9-10-17-20(21)14(2)23(24(30)32-4)27(17)13-11-19(29)31-3/h9-10H,5-8,11-13H2,1-4H3. The van der Waals surface area contributed by atoms with Crippen LogP contribution in [0.2, 0.25) is 5.02 Å². The van der Waals surface area contributed by atoms with E-state index in [1.165, 1.54) is 19.9 Å². The van der Waals surface area contributed by atoms with Gasteiger partial charge in [0.05, 0.1) is 26.3 Å². The van der Waals surface area contributed by atoms with Crippen LogP contribution in [-0.4, -0.2) is 40.5 Å². The molecule has 2 aromatic heterocycles. The Hall–Kier alpha value is -2.80. The van der Waals surface area contributed by atoms with Gasteiger partial charge in [0.1, 0.15) is 5.69 Å². The van der Waals surface area contributed by atoms with Gasteiger partial charge >= 0.3 is 11.9 Å². The van der Waals surface area contributed by atoms with E-state index in [-0.39, 0.29) is 12.4 Å². The molecule has 1 aliphatic rings. The second-order valence-electron chi connectivity index (χ2n) is 8.06. The third-order valence-corrected chi connectivity index (χ3v) is 6.63. The zero-order valence-electron chi connectivity index (χ0n) is 19.0. The quantitative estimate of drug-likeness (QED) is 0.501. The molecule has 32 heavy (non-hydrogen) atoms. The Bertz CT molecular complexity index is 1210. The van der Waals surface area contributed by atoms with Crippen LogP contribution in [0.25, 0.3) is 22.0 Å². The van der Waals surface area contributed by atoms with Crippen molar-refractivity contribution < 1.29 is 19.1 Å². The van der Waals surface area contributed by atoms with Crippen molar-refractivity contribution in [1.82, 2.24) is 14.3 Å². The molecule has 170 valence electrons. The van der Waals surface area contributed by atoms with Crippen molar-refractivity contribution in [3.63, 3.8) is 0 Å². The molecule has 3 aromatic rings. The number of ether oxygens (including phenoxy) is 2. The van der Waals surface area contributed by atoms with Gasteiger partial charge in [-0.3, -0.25) is 9.48 Å². The van der Waals surface area contributed by atoms with Gasteiger partial charge < -0.3 is 14.0 Å². The summed E-state index contributed by atoms with van der Waals surface area (Å²) < 4.78 is 13.9. The minimum Gasteiger partial charge on any atom is -0.469 e. The van der Waals surface area contributed by atoms with E-state index in [4.69, 9.17) is 26.2 Å². The van der Waals surface area contributed by atoms with Crippen LogP contribution in [-0.2, 0) is 40.2 Å². The molecular weight excluding hydrogens is 430 g/mol. The maximum atomic E-state index is 12.8. The fraction of sp³-hybridized carbons (Fsp3) is 0.458. The number of fused-ring (bicyclic) bond motifs is 2. The smallest absolute Gasteiger partial charge is 0.354 e. The van der Waals surface area contributed by atoms with Crippen LogP contribution in [0, 0.1) is 6.92 Å². The van der Waals surface area contributed by atoms with Crippen LogP contribution in [0.5, 0.6) is 0 Å². The molecule has 0 bridgehead atoms. The predicted octanol–water partition coefficient (Wildman–Crippen LogP) is 4.72. The lowest BCUT2D eigenvalue weighted by molar-refractivity contribution is -0.140. The predicted molar refractivity (Wildman–Crippen MR) is 123 cm³/mol. The number of carbonyl (C=O) groups excluding carboxylic acids is 2. The molecule has 0 saturated carbocycles. The average molecular weight is 458 g/mol. The number of halogens is 1. The highest BCUT2D eigenvalue weighted by atomic mass is 35.5. The van der Waals surface area contributed by atoms with Crippen LogP contribution >= 0.6 is 11.6 Å². The maximum Gasteiger partial charge on any atom is 0.354 e. The van der Waals surface area contributed by atoms with Crippen LogP contribution < -0.4 is 0 Å². The lowest BCUT2D eigenvalue weighted by Gasteiger charge is -2.16. The molecule has 0 amide bonds. The molecule has 0 atom stereocenters. The molecule has 0 spiro atoms. The molecule has 0 aliphatic carbocycles. The topological polar surface area (TPSA) is 75.4 Å². The lowest BCUT2D eigenvalue weighted by Crippen LogP contribution is -2.14. The number of aryl methyl sites for hydroxylation is 4. The van der Waals surface area contributed by atoms with Crippen LogP contribution in [0.1, 0.15) is 53.6 Å². The van der Waals surface area contributed by atoms with Gasteiger partial charge in [-0.2, -0.15) is 5.10 Å². The molecule has 1 aliphatic heterocycles. The number of aromatic nitrogens is 3. The van der Waals surface area contributed by atoms with Gasteiger partial charge in [-0.15, -0.1) is 0 Å². The molecule has 1 aromatic carbocycles. The highest BCUT2D eigenvalue weighted by Gasteiger charge is 2.29. The second kappa shape index (κ2) is 8.98. The number of hydrogen-bond donors (Lipinski definition) is 0. The average Bonchev–Trinajstić information content (AvgIpc) is 3.32. The van der Waals surface area contributed by atoms with Crippen molar-refractivity contribution in [1.29, 1.82) is 0 Å². The maximum absolute atomic E-state index is 12.8. The minimum atomic E-state index is -0.446. The van der Waals surface area contributed by atoms with Gasteiger partial charge in [0.25, 0.3) is 0 Å². The highest BCUT2D eigenvalue weighted by Crippen LogP contribution is 2.43. The number of rotatable bonds is 6. The first kappa shape index (κ1) is 22.4. The Morgan fingerprint density at radius 2 is 1.94 bits per heavy atom. The number of esters is 2. The largest absolute Gasteiger partial charge is 0.469 e. The molecule has 0 N–H and O–H groups in total. The Labute approximate surface area is 192 Å². The molecule has 7 nitrogen and oxygen atoms in total. The molecule has 0 unspecified atom stereocenters. The monoisotopic (exact) mass is 457 g/mol. The first-order chi connectivity index (χ1) is 15.4. The van der Waals surface area contributed by atoms with Crippen molar-refractivity contribution in [3.8, 4) is 11.1 Å². The fourth-order valence-corrected chi connectivity index (χ4v) is 5.09. The zero-order valence-corrected chi connectivity index (χ0v) is 19.7. The van der Waals surface area contributed by atoms with Crippen molar-refractivity contribution in [2.45, 2.75) is 59.0 Å². The number of methoxy groups -OCH3 is 2. The first-order valence-corrected chi connectivity index (χ1v) is 11.4. The van der Waals surface area contributed by atoms with E-state index in [0.717, 1.165) is 65.5 Å². The summed E-state index contributed by atoms with van der Waals surface area (Å²) >= 11 is 6.83. The van der Waals surface area contributed by atoms with Gasteiger partial charge in [0, 0.05) is 45.8 Å². The first-order valence-electron chi connectivity index (χ1n) is 11.0. The summed E-state index contributed by atoms with van der Waals surface area (Å²) in [5.74, 6) is -0.785. The summed E-state index contributed by atoms with van der Waals surface area (Å²) in [5, 5.41) is 6.40.